The first-order valence-corrected chi connectivity index (χ1v) is 6.70. The number of benzene rings is 1. The standard InChI is InChI=1S/C13H17BrN2O/c1-10-9-16(6-5-15-10)13(17)8-11-3-2-4-12(14)7-11/h2-4,7,10,15H,5-6,8-9H2,1H3. The molecule has 0 radical (unpaired) electrons. The number of piperazine rings is 1. The molecule has 1 aromatic rings. The number of nitrogens with one attached hydrogen (secondary N) is 1. The predicted octanol–water partition coefficient (Wildman–Crippen LogP) is 1.81. The van der Waals surface area contributed by atoms with Gasteiger partial charge in [0, 0.05) is 30.1 Å². The van der Waals surface area contributed by atoms with Crippen molar-refractivity contribution in [3.05, 3.63) is 34.3 Å². The van der Waals surface area contributed by atoms with Gasteiger partial charge in [-0.1, -0.05) is 28.1 Å². The van der Waals surface area contributed by atoms with Gasteiger partial charge in [-0.3, -0.25) is 4.79 Å². The number of hydrogen-bond donors (Lipinski definition) is 1. The van der Waals surface area contributed by atoms with Crippen LogP contribution in [0.25, 0.3) is 0 Å². The minimum atomic E-state index is 0.219. The first kappa shape index (κ1) is 12.6. The summed E-state index contributed by atoms with van der Waals surface area (Å²) in [5.41, 5.74) is 1.07. The number of halogens is 1. The molecule has 0 aromatic heterocycles. The highest BCUT2D eigenvalue weighted by atomic mass is 79.9. The highest BCUT2D eigenvalue weighted by molar-refractivity contribution is 9.10. The monoisotopic (exact) mass is 296 g/mol. The Morgan fingerprint density at radius 3 is 3.12 bits per heavy atom. The van der Waals surface area contributed by atoms with Crippen molar-refractivity contribution in [3.8, 4) is 0 Å². The molecule has 3 nitrogen and oxygen atoms in total. The average Bonchev–Trinajstić information content (AvgIpc) is 2.29. The van der Waals surface area contributed by atoms with Crippen LogP contribution >= 0.6 is 15.9 Å². The van der Waals surface area contributed by atoms with Crippen LogP contribution in [0.2, 0.25) is 0 Å². The minimum Gasteiger partial charge on any atom is -0.340 e. The fourth-order valence-electron chi connectivity index (χ4n) is 2.09. The van der Waals surface area contributed by atoms with Gasteiger partial charge in [-0.25, -0.2) is 0 Å². The molecule has 92 valence electrons. The van der Waals surface area contributed by atoms with Gasteiger partial charge in [0.2, 0.25) is 5.91 Å². The van der Waals surface area contributed by atoms with Crippen LogP contribution < -0.4 is 5.32 Å². The maximum Gasteiger partial charge on any atom is 0.227 e. The molecule has 0 saturated carbocycles. The molecule has 1 heterocycles. The SMILES string of the molecule is CC1CN(C(=O)Cc2cccc(Br)c2)CCN1. The maximum atomic E-state index is 12.1. The quantitative estimate of drug-likeness (QED) is 0.903. The number of carbonyl (C=O) groups is 1. The van der Waals surface area contributed by atoms with E-state index in [9.17, 15) is 4.79 Å². The van der Waals surface area contributed by atoms with E-state index in [-0.39, 0.29) is 5.91 Å². The summed E-state index contributed by atoms with van der Waals surface area (Å²) in [5, 5.41) is 3.34. The molecular weight excluding hydrogens is 280 g/mol. The van der Waals surface area contributed by atoms with Crippen LogP contribution in [0, 0.1) is 0 Å². The van der Waals surface area contributed by atoms with E-state index in [0.717, 1.165) is 29.7 Å². The zero-order chi connectivity index (χ0) is 12.3. The molecular formula is C13H17BrN2O. The van der Waals surface area contributed by atoms with Gasteiger partial charge in [0.1, 0.15) is 0 Å². The largest absolute Gasteiger partial charge is 0.340 e. The van der Waals surface area contributed by atoms with Crippen LogP contribution in [0.4, 0.5) is 0 Å². The van der Waals surface area contributed by atoms with Crippen molar-refractivity contribution in [1.82, 2.24) is 10.2 Å². The summed E-state index contributed by atoms with van der Waals surface area (Å²) in [6.07, 6.45) is 0.492. The summed E-state index contributed by atoms with van der Waals surface area (Å²) in [5.74, 6) is 0.219. The molecule has 4 heteroatoms. The van der Waals surface area contributed by atoms with Crippen LogP contribution in [0.5, 0.6) is 0 Å². The first-order valence-electron chi connectivity index (χ1n) is 5.91. The van der Waals surface area contributed by atoms with Crippen LogP contribution in [0.15, 0.2) is 28.7 Å². The maximum absolute atomic E-state index is 12.1. The van der Waals surface area contributed by atoms with Crippen molar-refractivity contribution < 1.29 is 4.79 Å². The highest BCUT2D eigenvalue weighted by Crippen LogP contribution is 2.13. The second kappa shape index (κ2) is 5.65. The third-order valence-electron chi connectivity index (χ3n) is 2.97. The summed E-state index contributed by atoms with van der Waals surface area (Å²) in [6.45, 7) is 4.63. The summed E-state index contributed by atoms with van der Waals surface area (Å²) < 4.78 is 1.02. The molecule has 2 rings (SSSR count). The second-order valence-corrected chi connectivity index (χ2v) is 5.42. The van der Waals surface area contributed by atoms with Gasteiger partial charge in [-0.05, 0) is 24.6 Å². The Balaban J connectivity index is 1.96. The van der Waals surface area contributed by atoms with Gasteiger partial charge in [0.05, 0.1) is 6.42 Å². The molecule has 17 heavy (non-hydrogen) atoms. The fourth-order valence-corrected chi connectivity index (χ4v) is 2.54. The third kappa shape index (κ3) is 3.54. The molecule has 0 spiro atoms. The number of nitrogens with zero attached hydrogens (tertiary/aromatic N) is 1. The van der Waals surface area contributed by atoms with Gasteiger partial charge < -0.3 is 10.2 Å². The Kier molecular flexibility index (Phi) is 4.18. The Labute approximate surface area is 110 Å². The van der Waals surface area contributed by atoms with Gasteiger partial charge in [-0.2, -0.15) is 0 Å². The number of hydrogen-bond acceptors (Lipinski definition) is 2. The van der Waals surface area contributed by atoms with E-state index < -0.39 is 0 Å². The molecule has 1 saturated heterocycles. The van der Waals surface area contributed by atoms with Crippen LogP contribution in [0.1, 0.15) is 12.5 Å². The number of amides is 1. The molecule has 0 aliphatic carbocycles. The van der Waals surface area contributed by atoms with Crippen molar-refractivity contribution in [1.29, 1.82) is 0 Å². The predicted molar refractivity (Wildman–Crippen MR) is 71.9 cm³/mol. The van der Waals surface area contributed by atoms with E-state index in [0.29, 0.717) is 12.5 Å². The van der Waals surface area contributed by atoms with E-state index in [4.69, 9.17) is 0 Å². The fraction of sp³-hybridized carbons (Fsp3) is 0.462. The lowest BCUT2D eigenvalue weighted by Gasteiger charge is -2.32. The van der Waals surface area contributed by atoms with E-state index >= 15 is 0 Å². The minimum absolute atomic E-state index is 0.219. The molecule has 1 N–H and O–H groups in total. The molecule has 1 amide bonds. The lowest BCUT2D eigenvalue weighted by molar-refractivity contribution is -0.131. The summed E-state index contributed by atoms with van der Waals surface area (Å²) in [7, 11) is 0. The molecule has 1 atom stereocenters. The van der Waals surface area contributed by atoms with Crippen molar-refractivity contribution >= 4 is 21.8 Å². The zero-order valence-electron chi connectivity index (χ0n) is 9.95. The topological polar surface area (TPSA) is 32.3 Å². The highest BCUT2D eigenvalue weighted by Gasteiger charge is 2.20. The molecule has 1 aliphatic heterocycles. The second-order valence-electron chi connectivity index (χ2n) is 4.50. The van der Waals surface area contributed by atoms with E-state index in [1.54, 1.807) is 0 Å². The van der Waals surface area contributed by atoms with Crippen molar-refractivity contribution in [2.75, 3.05) is 19.6 Å². The van der Waals surface area contributed by atoms with Gasteiger partial charge in [0.15, 0.2) is 0 Å². The molecule has 1 aromatic carbocycles. The number of rotatable bonds is 2. The smallest absolute Gasteiger partial charge is 0.227 e. The van der Waals surface area contributed by atoms with Crippen molar-refractivity contribution in [2.45, 2.75) is 19.4 Å². The van der Waals surface area contributed by atoms with Gasteiger partial charge >= 0.3 is 0 Å². The van der Waals surface area contributed by atoms with E-state index in [2.05, 4.69) is 28.2 Å². The lowest BCUT2D eigenvalue weighted by atomic mass is 10.1. The molecule has 1 aliphatic rings. The van der Waals surface area contributed by atoms with Crippen LogP contribution in [-0.4, -0.2) is 36.5 Å². The van der Waals surface area contributed by atoms with E-state index in [1.165, 1.54) is 0 Å². The Morgan fingerprint density at radius 2 is 2.41 bits per heavy atom. The van der Waals surface area contributed by atoms with Crippen molar-refractivity contribution in [2.24, 2.45) is 0 Å². The zero-order valence-corrected chi connectivity index (χ0v) is 11.5. The number of carbonyl (C=O) groups excluding carboxylic acids is 1. The Morgan fingerprint density at radius 1 is 1.59 bits per heavy atom. The Bertz CT molecular complexity index is 408. The summed E-state index contributed by atoms with van der Waals surface area (Å²) in [6, 6.07) is 8.33. The third-order valence-corrected chi connectivity index (χ3v) is 3.46. The molecule has 1 unspecified atom stereocenters. The lowest BCUT2D eigenvalue weighted by Crippen LogP contribution is -2.51. The normalized spacial score (nSPS) is 20.4. The average molecular weight is 297 g/mol. The van der Waals surface area contributed by atoms with Gasteiger partial charge in [-0.15, -0.1) is 0 Å². The van der Waals surface area contributed by atoms with Crippen LogP contribution in [0.3, 0.4) is 0 Å². The molecule has 0 bridgehead atoms. The summed E-state index contributed by atoms with van der Waals surface area (Å²) in [4.78, 5) is 14.1. The van der Waals surface area contributed by atoms with Gasteiger partial charge in [0.25, 0.3) is 0 Å². The summed E-state index contributed by atoms with van der Waals surface area (Å²) >= 11 is 3.42. The Hall–Kier alpha value is -0.870. The molecule has 1 fully saturated rings. The van der Waals surface area contributed by atoms with E-state index in [1.807, 2.05) is 29.2 Å². The van der Waals surface area contributed by atoms with Crippen molar-refractivity contribution in [3.63, 3.8) is 0 Å². The van der Waals surface area contributed by atoms with Crippen LogP contribution in [-0.2, 0) is 11.2 Å². The first-order chi connectivity index (χ1) is 8.15.